The molecule has 1 heterocycles. The van der Waals surface area contributed by atoms with Crippen molar-refractivity contribution < 1.29 is 9.59 Å². The summed E-state index contributed by atoms with van der Waals surface area (Å²) in [5.41, 5.74) is 5.80. The summed E-state index contributed by atoms with van der Waals surface area (Å²) in [5.74, 6) is -0.237. The first-order valence-electron chi connectivity index (χ1n) is 10.9. The predicted molar refractivity (Wildman–Crippen MR) is 125 cm³/mol. The van der Waals surface area contributed by atoms with Crippen molar-refractivity contribution in [2.45, 2.75) is 25.6 Å². The molecule has 5 rings (SSSR count). The van der Waals surface area contributed by atoms with Gasteiger partial charge in [-0.3, -0.25) is 9.59 Å². The van der Waals surface area contributed by atoms with Gasteiger partial charge in [0.15, 0.2) is 0 Å². The minimum absolute atomic E-state index is 0.111. The number of carbonyl (C=O) groups excluding carboxylic acids is 2. The maximum Gasteiger partial charge on any atom is 0.255 e. The van der Waals surface area contributed by atoms with E-state index in [1.807, 2.05) is 97.1 Å². The van der Waals surface area contributed by atoms with Crippen LogP contribution in [-0.4, -0.2) is 22.8 Å². The van der Waals surface area contributed by atoms with Crippen LogP contribution in [0.15, 0.2) is 97.1 Å². The van der Waals surface area contributed by atoms with Crippen molar-refractivity contribution in [3.8, 4) is 11.1 Å². The molecule has 2 aromatic carbocycles. The van der Waals surface area contributed by atoms with Crippen molar-refractivity contribution in [2.24, 2.45) is 0 Å². The van der Waals surface area contributed by atoms with Crippen molar-refractivity contribution >= 4 is 11.8 Å². The Hall–Kier alpha value is -3.92. The number of carbonyl (C=O) groups is 2. The smallest absolute Gasteiger partial charge is 0.255 e. The van der Waals surface area contributed by atoms with Crippen LogP contribution in [0.4, 0.5) is 0 Å². The zero-order valence-corrected chi connectivity index (χ0v) is 17.7. The largest absolute Gasteiger partial charge is 0.350 e. The molecule has 0 spiro atoms. The van der Waals surface area contributed by atoms with Gasteiger partial charge in [-0.2, -0.15) is 0 Å². The van der Waals surface area contributed by atoms with Gasteiger partial charge in [0.1, 0.15) is 6.04 Å². The van der Waals surface area contributed by atoms with E-state index in [9.17, 15) is 9.59 Å². The van der Waals surface area contributed by atoms with Crippen LogP contribution in [0.25, 0.3) is 11.1 Å². The molecule has 1 aliphatic heterocycles. The second-order valence-corrected chi connectivity index (χ2v) is 8.15. The van der Waals surface area contributed by atoms with Gasteiger partial charge in [0.2, 0.25) is 5.91 Å². The van der Waals surface area contributed by atoms with Gasteiger partial charge in [0, 0.05) is 25.1 Å². The molecule has 158 valence electrons. The molecule has 0 saturated carbocycles. The van der Waals surface area contributed by atoms with Crippen LogP contribution in [-0.2, 0) is 24.3 Å². The molecule has 0 bridgehead atoms. The lowest BCUT2D eigenvalue weighted by Gasteiger charge is -2.36. The van der Waals surface area contributed by atoms with Crippen LogP contribution in [0.3, 0.4) is 0 Å². The summed E-state index contributed by atoms with van der Waals surface area (Å²) in [7, 11) is 0. The zero-order chi connectivity index (χ0) is 21.9. The number of amides is 2. The van der Waals surface area contributed by atoms with E-state index in [4.69, 9.17) is 0 Å². The number of benzene rings is 2. The molecule has 2 aliphatic carbocycles. The molecule has 32 heavy (non-hydrogen) atoms. The summed E-state index contributed by atoms with van der Waals surface area (Å²) < 4.78 is 0. The normalized spacial score (nSPS) is 15.2. The van der Waals surface area contributed by atoms with E-state index in [1.165, 1.54) is 0 Å². The Balaban J connectivity index is 1.45. The Morgan fingerprint density at radius 3 is 2.28 bits per heavy atom. The monoisotopic (exact) mass is 420 g/mol. The second-order valence-electron chi connectivity index (χ2n) is 8.15. The predicted octanol–water partition coefficient (Wildman–Crippen LogP) is 4.67. The Morgan fingerprint density at radius 1 is 0.781 bits per heavy atom. The van der Waals surface area contributed by atoms with Gasteiger partial charge in [-0.1, -0.05) is 91.0 Å². The maximum absolute atomic E-state index is 13.7. The molecule has 0 fully saturated rings. The second kappa shape index (κ2) is 8.67. The third-order valence-electron chi connectivity index (χ3n) is 6.14. The number of nitrogens with zero attached hydrogens (tertiary/aromatic N) is 1. The van der Waals surface area contributed by atoms with Crippen LogP contribution in [0.2, 0.25) is 0 Å². The van der Waals surface area contributed by atoms with E-state index in [0.717, 1.165) is 27.8 Å². The molecule has 1 N–H and O–H groups in total. The summed E-state index contributed by atoms with van der Waals surface area (Å²) in [4.78, 5) is 28.7. The standard InChI is InChI=1S/C28H24N2O2/c31-27(29-18-20-9-3-1-4-10-20)26-17-22-12-7-8-13-23(22)19-30(26)28(32)25-16-15-21-11-5-2-6-14-24(21)25/h1-16,26H,17-19H2,(H,29,31)/t26-/m0/s1. The molecule has 2 aromatic rings. The fourth-order valence-corrected chi connectivity index (χ4v) is 4.43. The highest BCUT2D eigenvalue weighted by Gasteiger charge is 2.35. The molecule has 1 atom stereocenters. The lowest BCUT2D eigenvalue weighted by atomic mass is 9.92. The highest BCUT2D eigenvalue weighted by atomic mass is 16.2. The molecule has 2 amide bonds. The molecule has 0 unspecified atom stereocenters. The lowest BCUT2D eigenvalue weighted by molar-refractivity contribution is -0.126. The average Bonchev–Trinajstić information content (AvgIpc) is 3.09. The van der Waals surface area contributed by atoms with E-state index in [2.05, 4.69) is 5.32 Å². The Kier molecular flexibility index (Phi) is 5.42. The van der Waals surface area contributed by atoms with Crippen LogP contribution in [0, 0.1) is 0 Å². The zero-order valence-electron chi connectivity index (χ0n) is 17.7. The number of hydrogen-bond donors (Lipinski definition) is 1. The number of rotatable bonds is 4. The minimum atomic E-state index is -0.552. The Labute approximate surface area is 187 Å². The lowest BCUT2D eigenvalue weighted by Crippen LogP contribution is -2.52. The Bertz CT molecular complexity index is 1230. The summed E-state index contributed by atoms with van der Waals surface area (Å²) in [5, 5.41) is 3.04. The number of fused-ring (bicyclic) bond motifs is 2. The van der Waals surface area contributed by atoms with Crippen LogP contribution in [0.5, 0.6) is 0 Å². The van der Waals surface area contributed by atoms with E-state index in [1.54, 1.807) is 4.90 Å². The highest BCUT2D eigenvalue weighted by molar-refractivity contribution is 6.04. The molecule has 4 heteroatoms. The van der Waals surface area contributed by atoms with Gasteiger partial charge in [-0.15, -0.1) is 0 Å². The Morgan fingerprint density at radius 2 is 1.47 bits per heavy atom. The van der Waals surface area contributed by atoms with E-state index >= 15 is 0 Å². The maximum atomic E-state index is 13.7. The van der Waals surface area contributed by atoms with Crippen molar-refractivity contribution in [2.75, 3.05) is 0 Å². The molecule has 3 aliphatic rings. The molecule has 0 saturated heterocycles. The minimum Gasteiger partial charge on any atom is -0.350 e. The molecular weight excluding hydrogens is 396 g/mol. The fraction of sp³-hybridized carbons (Fsp3) is 0.143. The van der Waals surface area contributed by atoms with E-state index in [0.29, 0.717) is 25.1 Å². The van der Waals surface area contributed by atoms with Crippen molar-refractivity contribution in [3.63, 3.8) is 0 Å². The molecule has 0 radical (unpaired) electrons. The van der Waals surface area contributed by atoms with Crippen molar-refractivity contribution in [1.82, 2.24) is 10.2 Å². The van der Waals surface area contributed by atoms with Crippen LogP contribution in [0.1, 0.15) is 27.0 Å². The quantitative estimate of drug-likeness (QED) is 0.521. The topological polar surface area (TPSA) is 49.4 Å². The van der Waals surface area contributed by atoms with Crippen LogP contribution >= 0.6 is 0 Å². The summed E-state index contributed by atoms with van der Waals surface area (Å²) in [6, 6.07) is 31.0. The number of nitrogens with one attached hydrogen (secondary N) is 1. The van der Waals surface area contributed by atoms with Gasteiger partial charge in [-0.05, 0) is 33.9 Å². The third kappa shape index (κ3) is 3.87. The van der Waals surface area contributed by atoms with Gasteiger partial charge < -0.3 is 10.2 Å². The first-order chi connectivity index (χ1) is 15.7. The van der Waals surface area contributed by atoms with Gasteiger partial charge in [0.25, 0.3) is 5.91 Å². The van der Waals surface area contributed by atoms with E-state index < -0.39 is 6.04 Å². The molecular formula is C28H24N2O2. The van der Waals surface area contributed by atoms with Gasteiger partial charge in [-0.25, -0.2) is 0 Å². The van der Waals surface area contributed by atoms with Crippen LogP contribution < -0.4 is 5.32 Å². The van der Waals surface area contributed by atoms with Gasteiger partial charge >= 0.3 is 0 Å². The molecule has 0 aromatic heterocycles. The van der Waals surface area contributed by atoms with E-state index in [-0.39, 0.29) is 11.8 Å². The summed E-state index contributed by atoms with van der Waals surface area (Å²) in [6.07, 6.45) is 0.509. The first-order valence-corrected chi connectivity index (χ1v) is 10.9. The SMILES string of the molecule is O=C(NCc1ccccc1)[C@@H]1Cc2ccccc2CN1C(=O)c1ccc2cccccc1-2. The summed E-state index contributed by atoms with van der Waals surface area (Å²) >= 11 is 0. The van der Waals surface area contributed by atoms with Gasteiger partial charge in [0.05, 0.1) is 0 Å². The highest BCUT2D eigenvalue weighted by Crippen LogP contribution is 2.31. The number of hydrogen-bond acceptors (Lipinski definition) is 2. The van der Waals surface area contributed by atoms with Crippen molar-refractivity contribution in [3.05, 3.63) is 119 Å². The third-order valence-corrected chi connectivity index (χ3v) is 6.14. The van der Waals surface area contributed by atoms with Crippen molar-refractivity contribution in [1.29, 1.82) is 0 Å². The first kappa shape index (κ1) is 20.0. The average molecular weight is 421 g/mol. The molecule has 4 nitrogen and oxygen atoms in total. The fourth-order valence-electron chi connectivity index (χ4n) is 4.43. The summed E-state index contributed by atoms with van der Waals surface area (Å²) in [6.45, 7) is 0.860.